The molecule has 5 nitrogen and oxygen atoms in total. The van der Waals surface area contributed by atoms with Crippen molar-refractivity contribution in [2.24, 2.45) is 5.92 Å². The molecule has 1 amide bonds. The second-order valence-electron chi connectivity index (χ2n) is 5.43. The first-order valence-electron chi connectivity index (χ1n) is 7.43. The zero-order chi connectivity index (χ0) is 14.5. The van der Waals surface area contributed by atoms with Gasteiger partial charge in [0.05, 0.1) is 5.69 Å². The second-order valence-corrected chi connectivity index (χ2v) is 5.43. The minimum Gasteiger partial charge on any atom is -0.316 e. The van der Waals surface area contributed by atoms with Crippen LogP contribution in [0.1, 0.15) is 19.3 Å². The topological polar surface area (TPSA) is 59.0 Å². The SMILES string of the molecule is Cl.O=C(CCC1CCNC1)Nc1ccn(-c2ccccc2)n1. The van der Waals surface area contributed by atoms with Gasteiger partial charge in [-0.3, -0.25) is 4.79 Å². The molecule has 3 rings (SSSR count). The fraction of sp³-hybridized carbons (Fsp3) is 0.375. The smallest absolute Gasteiger partial charge is 0.225 e. The largest absolute Gasteiger partial charge is 0.316 e. The average Bonchev–Trinajstić information content (AvgIpc) is 3.17. The number of nitrogens with zero attached hydrogens (tertiary/aromatic N) is 2. The van der Waals surface area contributed by atoms with E-state index in [2.05, 4.69) is 15.7 Å². The number of hydrogen-bond acceptors (Lipinski definition) is 3. The highest BCUT2D eigenvalue weighted by Crippen LogP contribution is 2.15. The average molecular weight is 321 g/mol. The molecule has 1 atom stereocenters. The Morgan fingerprint density at radius 2 is 2.14 bits per heavy atom. The van der Waals surface area contributed by atoms with Crippen LogP contribution in [-0.2, 0) is 4.79 Å². The van der Waals surface area contributed by atoms with Crippen LogP contribution in [-0.4, -0.2) is 28.8 Å². The van der Waals surface area contributed by atoms with Crippen LogP contribution in [0.2, 0.25) is 0 Å². The predicted molar refractivity (Wildman–Crippen MR) is 89.7 cm³/mol. The van der Waals surface area contributed by atoms with E-state index >= 15 is 0 Å². The molecule has 1 saturated heterocycles. The van der Waals surface area contributed by atoms with Crippen molar-refractivity contribution in [2.75, 3.05) is 18.4 Å². The van der Waals surface area contributed by atoms with Gasteiger partial charge in [-0.25, -0.2) is 4.68 Å². The predicted octanol–water partition coefficient (Wildman–Crippen LogP) is 2.62. The molecular weight excluding hydrogens is 300 g/mol. The molecule has 0 radical (unpaired) electrons. The zero-order valence-electron chi connectivity index (χ0n) is 12.4. The Morgan fingerprint density at radius 1 is 1.32 bits per heavy atom. The fourth-order valence-corrected chi connectivity index (χ4v) is 2.62. The molecule has 22 heavy (non-hydrogen) atoms. The van der Waals surface area contributed by atoms with E-state index in [1.54, 1.807) is 4.68 Å². The lowest BCUT2D eigenvalue weighted by molar-refractivity contribution is -0.116. The van der Waals surface area contributed by atoms with Crippen molar-refractivity contribution in [1.82, 2.24) is 15.1 Å². The molecule has 0 bridgehead atoms. The van der Waals surface area contributed by atoms with Crippen molar-refractivity contribution in [2.45, 2.75) is 19.3 Å². The van der Waals surface area contributed by atoms with Crippen molar-refractivity contribution >= 4 is 24.1 Å². The van der Waals surface area contributed by atoms with Crippen LogP contribution in [0.3, 0.4) is 0 Å². The van der Waals surface area contributed by atoms with Crippen LogP contribution in [0, 0.1) is 5.92 Å². The summed E-state index contributed by atoms with van der Waals surface area (Å²) >= 11 is 0. The summed E-state index contributed by atoms with van der Waals surface area (Å²) in [6.45, 7) is 2.11. The maximum absolute atomic E-state index is 11.9. The van der Waals surface area contributed by atoms with Gasteiger partial charge in [0, 0.05) is 18.7 Å². The van der Waals surface area contributed by atoms with Crippen molar-refractivity contribution < 1.29 is 4.79 Å². The van der Waals surface area contributed by atoms with Gasteiger partial charge < -0.3 is 10.6 Å². The first-order valence-corrected chi connectivity index (χ1v) is 7.43. The molecule has 2 aromatic rings. The molecule has 1 aromatic heterocycles. The van der Waals surface area contributed by atoms with Gasteiger partial charge in [0.25, 0.3) is 0 Å². The Balaban J connectivity index is 0.00000176. The quantitative estimate of drug-likeness (QED) is 0.890. The molecule has 1 aliphatic rings. The number of para-hydroxylation sites is 1. The number of halogens is 1. The standard InChI is InChI=1S/C16H20N4O.ClH/c21-16(7-6-13-8-10-17-12-13)18-15-9-11-20(19-15)14-4-2-1-3-5-14;/h1-5,9,11,13,17H,6-8,10,12H2,(H,18,19,21);1H. The van der Waals surface area contributed by atoms with Crippen LogP contribution in [0.15, 0.2) is 42.6 Å². The summed E-state index contributed by atoms with van der Waals surface area (Å²) in [4.78, 5) is 11.9. The van der Waals surface area contributed by atoms with Crippen molar-refractivity contribution in [3.05, 3.63) is 42.6 Å². The Hall–Kier alpha value is -1.85. The molecule has 1 aromatic carbocycles. The minimum absolute atomic E-state index is 0. The highest BCUT2D eigenvalue weighted by Gasteiger charge is 2.16. The van der Waals surface area contributed by atoms with Gasteiger partial charge in [-0.1, -0.05) is 18.2 Å². The van der Waals surface area contributed by atoms with E-state index in [0.717, 1.165) is 25.2 Å². The molecular formula is C16H21ClN4O. The van der Waals surface area contributed by atoms with Crippen molar-refractivity contribution in [3.8, 4) is 5.69 Å². The number of carbonyl (C=O) groups excluding carboxylic acids is 1. The summed E-state index contributed by atoms with van der Waals surface area (Å²) in [5.41, 5.74) is 0.982. The lowest BCUT2D eigenvalue weighted by Crippen LogP contribution is -2.15. The highest BCUT2D eigenvalue weighted by atomic mass is 35.5. The summed E-state index contributed by atoms with van der Waals surface area (Å²) in [7, 11) is 0. The minimum atomic E-state index is 0. The van der Waals surface area contributed by atoms with Gasteiger partial charge in [-0.05, 0) is 44.0 Å². The van der Waals surface area contributed by atoms with Crippen LogP contribution in [0.5, 0.6) is 0 Å². The van der Waals surface area contributed by atoms with Gasteiger partial charge in [-0.15, -0.1) is 12.4 Å². The van der Waals surface area contributed by atoms with E-state index < -0.39 is 0 Å². The van der Waals surface area contributed by atoms with Crippen molar-refractivity contribution in [1.29, 1.82) is 0 Å². The Morgan fingerprint density at radius 3 is 2.86 bits per heavy atom. The van der Waals surface area contributed by atoms with E-state index in [1.807, 2.05) is 42.6 Å². The molecule has 0 aliphatic carbocycles. The van der Waals surface area contributed by atoms with E-state index in [-0.39, 0.29) is 18.3 Å². The van der Waals surface area contributed by atoms with E-state index in [0.29, 0.717) is 18.2 Å². The van der Waals surface area contributed by atoms with Gasteiger partial charge >= 0.3 is 0 Å². The summed E-state index contributed by atoms with van der Waals surface area (Å²) < 4.78 is 1.76. The Kier molecular flexibility index (Phi) is 5.98. The number of hydrogen-bond donors (Lipinski definition) is 2. The van der Waals surface area contributed by atoms with Gasteiger partial charge in [0.2, 0.25) is 5.91 Å². The number of benzene rings is 1. The van der Waals surface area contributed by atoms with Crippen LogP contribution < -0.4 is 10.6 Å². The molecule has 0 spiro atoms. The fourth-order valence-electron chi connectivity index (χ4n) is 2.62. The molecule has 6 heteroatoms. The van der Waals surface area contributed by atoms with E-state index in [4.69, 9.17) is 0 Å². The van der Waals surface area contributed by atoms with Crippen LogP contribution >= 0.6 is 12.4 Å². The molecule has 1 unspecified atom stereocenters. The molecule has 118 valence electrons. The maximum Gasteiger partial charge on any atom is 0.225 e. The van der Waals surface area contributed by atoms with Crippen LogP contribution in [0.25, 0.3) is 5.69 Å². The number of rotatable bonds is 5. The van der Waals surface area contributed by atoms with Crippen LogP contribution in [0.4, 0.5) is 5.82 Å². The third-order valence-corrected chi connectivity index (χ3v) is 3.82. The summed E-state index contributed by atoms with van der Waals surface area (Å²) in [5.74, 6) is 1.28. The van der Waals surface area contributed by atoms with Crippen molar-refractivity contribution in [3.63, 3.8) is 0 Å². The summed E-state index contributed by atoms with van der Waals surface area (Å²) in [6.07, 6.45) is 4.53. The first-order chi connectivity index (χ1) is 10.3. The second kappa shape index (κ2) is 7.96. The Labute approximate surface area is 136 Å². The van der Waals surface area contributed by atoms with E-state index in [9.17, 15) is 4.79 Å². The Bertz CT molecular complexity index is 593. The monoisotopic (exact) mass is 320 g/mol. The maximum atomic E-state index is 11.9. The number of amides is 1. The normalized spacial score (nSPS) is 17.0. The molecule has 2 N–H and O–H groups in total. The molecule has 1 fully saturated rings. The highest BCUT2D eigenvalue weighted by molar-refractivity contribution is 5.89. The van der Waals surface area contributed by atoms with Gasteiger partial charge in [0.15, 0.2) is 5.82 Å². The lowest BCUT2D eigenvalue weighted by Gasteiger charge is -2.07. The number of nitrogens with one attached hydrogen (secondary N) is 2. The number of anilines is 1. The number of aromatic nitrogens is 2. The first kappa shape index (κ1) is 16.5. The molecule has 2 heterocycles. The third kappa shape index (κ3) is 4.32. The lowest BCUT2D eigenvalue weighted by atomic mass is 10.0. The molecule has 1 aliphatic heterocycles. The molecule has 0 saturated carbocycles. The number of carbonyl (C=O) groups is 1. The van der Waals surface area contributed by atoms with Gasteiger partial charge in [0.1, 0.15) is 0 Å². The third-order valence-electron chi connectivity index (χ3n) is 3.82. The summed E-state index contributed by atoms with van der Waals surface area (Å²) in [5, 5.41) is 10.6. The zero-order valence-corrected chi connectivity index (χ0v) is 13.2. The summed E-state index contributed by atoms with van der Waals surface area (Å²) in [6, 6.07) is 11.7. The van der Waals surface area contributed by atoms with E-state index in [1.165, 1.54) is 6.42 Å². The van der Waals surface area contributed by atoms with Gasteiger partial charge in [-0.2, -0.15) is 5.10 Å².